The Bertz CT molecular complexity index is 1040. The number of carbonyl (C=O) groups excluding carboxylic acids is 1. The maximum atomic E-state index is 12.1. The zero-order valence-corrected chi connectivity index (χ0v) is 19.1. The van der Waals surface area contributed by atoms with Crippen LogP contribution in [-0.2, 0) is 31.5 Å². The summed E-state index contributed by atoms with van der Waals surface area (Å²) in [6, 6.07) is 18.0. The molecule has 1 saturated carbocycles. The molecular weight excluding hydrogens is 412 g/mol. The van der Waals surface area contributed by atoms with Crippen LogP contribution < -0.4 is 4.47 Å². The van der Waals surface area contributed by atoms with Crippen molar-refractivity contribution in [3.8, 4) is 0 Å². The molecule has 2 aromatic rings. The van der Waals surface area contributed by atoms with Crippen LogP contribution in [0, 0.1) is 11.8 Å². The number of likely N-dealkylation sites (tertiary alicyclic amines) is 1. The lowest BCUT2D eigenvalue weighted by Crippen LogP contribution is -2.32. The summed E-state index contributed by atoms with van der Waals surface area (Å²) in [4.78, 5) is 18.9. The summed E-state index contributed by atoms with van der Waals surface area (Å²) in [6.07, 6.45) is 3.29. The zero-order valence-electron chi connectivity index (χ0n) is 18.3. The van der Waals surface area contributed by atoms with Gasteiger partial charge in [-0.05, 0) is 54.5 Å². The topological polar surface area (TPSA) is 66.9 Å². The van der Waals surface area contributed by atoms with Crippen molar-refractivity contribution in [2.75, 3.05) is 30.4 Å². The maximum Gasteiger partial charge on any atom is 0.330 e. The molecule has 2 aliphatic rings. The monoisotopic (exact) mass is 442 g/mol. The van der Waals surface area contributed by atoms with Crippen molar-refractivity contribution in [1.82, 2.24) is 4.90 Å². The van der Waals surface area contributed by atoms with Gasteiger partial charge in [0.1, 0.15) is 0 Å². The van der Waals surface area contributed by atoms with Gasteiger partial charge in [0, 0.05) is 25.4 Å². The highest BCUT2D eigenvalue weighted by Crippen LogP contribution is 2.63. The second-order valence-electron chi connectivity index (χ2n) is 8.97. The van der Waals surface area contributed by atoms with Gasteiger partial charge in [-0.15, -0.1) is 0 Å². The second kappa shape index (κ2) is 8.28. The Kier molecular flexibility index (Phi) is 5.83. The van der Waals surface area contributed by atoms with Crippen LogP contribution in [-0.4, -0.2) is 45.2 Å². The molecule has 31 heavy (non-hydrogen) atoms. The molecule has 4 rings (SSSR count). The van der Waals surface area contributed by atoms with Crippen LogP contribution in [0.1, 0.15) is 31.4 Å². The summed E-state index contributed by atoms with van der Waals surface area (Å²) < 4.78 is 25.0. The quantitative estimate of drug-likeness (QED) is 0.587. The van der Waals surface area contributed by atoms with Crippen molar-refractivity contribution in [3.63, 3.8) is 0 Å². The number of nitrogens with zero attached hydrogens (tertiary/aromatic N) is 2. The normalized spacial score (nSPS) is 25.1. The van der Waals surface area contributed by atoms with Crippen molar-refractivity contribution < 1.29 is 18.0 Å². The van der Waals surface area contributed by atoms with E-state index < -0.39 is 16.0 Å². The van der Waals surface area contributed by atoms with Crippen molar-refractivity contribution in [3.05, 3.63) is 65.7 Å². The molecule has 1 saturated heterocycles. The summed E-state index contributed by atoms with van der Waals surface area (Å²) in [5.74, 6) is 0.469. The fourth-order valence-corrected chi connectivity index (χ4v) is 5.84. The van der Waals surface area contributed by atoms with Crippen LogP contribution in [0.5, 0.6) is 0 Å². The number of anilines is 1. The molecule has 0 radical (unpaired) electrons. The van der Waals surface area contributed by atoms with Gasteiger partial charge in [0.05, 0.1) is 11.9 Å². The van der Waals surface area contributed by atoms with Gasteiger partial charge in [0.25, 0.3) is 10.0 Å². The summed E-state index contributed by atoms with van der Waals surface area (Å²) >= 11 is 0. The average molecular weight is 443 g/mol. The number of hydrogen-bond donors (Lipinski definition) is 0. The molecular formula is C24H30N2O4S. The molecule has 0 N–H and O–H groups in total. The van der Waals surface area contributed by atoms with E-state index in [4.69, 9.17) is 4.84 Å². The van der Waals surface area contributed by atoms with Gasteiger partial charge in [-0.1, -0.05) is 53.9 Å². The Morgan fingerprint density at radius 2 is 1.81 bits per heavy atom. The molecule has 1 heterocycles. The van der Waals surface area contributed by atoms with Crippen LogP contribution in [0.25, 0.3) is 0 Å². The van der Waals surface area contributed by atoms with E-state index in [1.165, 1.54) is 12.5 Å². The highest BCUT2D eigenvalue weighted by atomic mass is 32.2. The van der Waals surface area contributed by atoms with Gasteiger partial charge in [-0.25, -0.2) is 13.2 Å². The van der Waals surface area contributed by atoms with Gasteiger partial charge >= 0.3 is 5.97 Å². The third kappa shape index (κ3) is 4.48. The van der Waals surface area contributed by atoms with Crippen molar-refractivity contribution >= 4 is 21.7 Å². The minimum Gasteiger partial charge on any atom is -0.326 e. The highest BCUT2D eigenvalue weighted by molar-refractivity contribution is 7.91. The van der Waals surface area contributed by atoms with E-state index in [9.17, 15) is 13.2 Å². The van der Waals surface area contributed by atoms with Crippen LogP contribution in [0.4, 0.5) is 5.69 Å². The standard InChI is InChI=1S/C24H30N2O4S/c1-18(27)30-26(31(3,28)29)21-13-7-12-20(15-21)24(2)22-16-25(17-23(22)24)14-8-11-19-9-5-4-6-10-19/h4-7,9-10,12-13,15,22-23H,8,11,14,16-17H2,1-3H3. The van der Waals surface area contributed by atoms with Crippen molar-refractivity contribution in [1.29, 1.82) is 0 Å². The Morgan fingerprint density at radius 1 is 1.13 bits per heavy atom. The molecule has 6 nitrogen and oxygen atoms in total. The highest BCUT2D eigenvalue weighted by Gasteiger charge is 2.65. The Hall–Kier alpha value is -2.38. The smallest absolute Gasteiger partial charge is 0.326 e. The molecule has 7 heteroatoms. The fourth-order valence-electron chi connectivity index (χ4n) is 5.11. The Balaban J connectivity index is 1.39. The van der Waals surface area contributed by atoms with E-state index in [1.807, 2.05) is 12.1 Å². The first-order valence-corrected chi connectivity index (χ1v) is 12.6. The lowest BCUT2D eigenvalue weighted by atomic mass is 9.92. The van der Waals surface area contributed by atoms with Gasteiger partial charge in [0.15, 0.2) is 0 Å². The molecule has 2 fully saturated rings. The van der Waals surface area contributed by atoms with Gasteiger partial charge in [-0.2, -0.15) is 0 Å². The van der Waals surface area contributed by atoms with E-state index in [0.717, 1.165) is 48.8 Å². The van der Waals surface area contributed by atoms with Gasteiger partial charge in [-0.3, -0.25) is 0 Å². The number of fused-ring (bicyclic) bond motifs is 1. The third-order valence-electron chi connectivity index (χ3n) is 6.80. The summed E-state index contributed by atoms with van der Waals surface area (Å²) in [5.41, 5.74) is 2.88. The first-order valence-electron chi connectivity index (χ1n) is 10.8. The minimum atomic E-state index is -3.73. The van der Waals surface area contributed by atoms with Crippen molar-refractivity contribution in [2.45, 2.75) is 32.1 Å². The number of rotatable bonds is 8. The predicted octanol–water partition coefficient (Wildman–Crippen LogP) is 3.38. The van der Waals surface area contributed by atoms with Crippen LogP contribution in [0.15, 0.2) is 54.6 Å². The number of aryl methyl sites for hydroxylation is 1. The Labute approximate surface area is 184 Å². The molecule has 1 aliphatic carbocycles. The minimum absolute atomic E-state index is 0.0331. The molecule has 2 atom stereocenters. The number of sulfonamides is 1. The first-order chi connectivity index (χ1) is 14.7. The SMILES string of the molecule is CC(=O)ON(c1cccc(C2(C)C3CN(CCCc4ccccc4)CC32)c1)S(C)(=O)=O. The average Bonchev–Trinajstić information content (AvgIpc) is 3.07. The predicted molar refractivity (Wildman–Crippen MR) is 121 cm³/mol. The molecule has 2 unspecified atom stereocenters. The first kappa shape index (κ1) is 21.8. The molecule has 1 aliphatic heterocycles. The number of carbonyl (C=O) groups is 1. The van der Waals surface area contributed by atoms with E-state index in [1.54, 1.807) is 6.07 Å². The summed E-state index contributed by atoms with van der Waals surface area (Å²) in [5, 5.41) is 0. The molecule has 0 bridgehead atoms. The van der Waals surface area contributed by atoms with Crippen molar-refractivity contribution in [2.24, 2.45) is 11.8 Å². The molecule has 0 spiro atoms. The molecule has 0 aromatic heterocycles. The largest absolute Gasteiger partial charge is 0.330 e. The number of hydrogen-bond acceptors (Lipinski definition) is 5. The number of piperidine rings is 1. The van der Waals surface area contributed by atoms with Crippen LogP contribution in [0.3, 0.4) is 0 Å². The summed E-state index contributed by atoms with van der Waals surface area (Å²) in [7, 11) is -3.73. The second-order valence-corrected chi connectivity index (χ2v) is 10.8. The maximum absolute atomic E-state index is 12.1. The van der Waals surface area contributed by atoms with E-state index >= 15 is 0 Å². The van der Waals surface area contributed by atoms with Gasteiger partial charge in [0.2, 0.25) is 0 Å². The van der Waals surface area contributed by atoms with E-state index in [-0.39, 0.29) is 5.41 Å². The lowest BCUT2D eigenvalue weighted by Gasteiger charge is -2.26. The third-order valence-corrected chi connectivity index (χ3v) is 7.69. The Morgan fingerprint density at radius 3 is 2.42 bits per heavy atom. The fraction of sp³-hybridized carbons (Fsp3) is 0.458. The van der Waals surface area contributed by atoms with E-state index in [0.29, 0.717) is 17.5 Å². The molecule has 0 amide bonds. The zero-order chi connectivity index (χ0) is 22.2. The number of benzene rings is 2. The molecule has 2 aromatic carbocycles. The van der Waals surface area contributed by atoms with Crippen LogP contribution >= 0.6 is 0 Å². The molecule has 166 valence electrons. The van der Waals surface area contributed by atoms with E-state index in [2.05, 4.69) is 48.2 Å². The summed E-state index contributed by atoms with van der Waals surface area (Å²) in [6.45, 7) is 6.70. The lowest BCUT2D eigenvalue weighted by molar-refractivity contribution is -0.140. The van der Waals surface area contributed by atoms with Crippen LogP contribution in [0.2, 0.25) is 0 Å². The van der Waals surface area contributed by atoms with Gasteiger partial charge < -0.3 is 9.74 Å².